The van der Waals surface area contributed by atoms with Gasteiger partial charge in [-0.15, -0.1) is 21.5 Å². The van der Waals surface area contributed by atoms with Gasteiger partial charge in [0.1, 0.15) is 0 Å². The maximum Gasteiger partial charge on any atom is 0.417 e. The van der Waals surface area contributed by atoms with E-state index in [-0.39, 0.29) is 24.5 Å². The van der Waals surface area contributed by atoms with E-state index in [4.69, 9.17) is 4.74 Å². The lowest BCUT2D eigenvalue weighted by molar-refractivity contribution is -0.138. The number of amides is 2. The Morgan fingerprint density at radius 3 is 2.43 bits per heavy atom. The van der Waals surface area contributed by atoms with Gasteiger partial charge in [-0.25, -0.2) is 4.79 Å². The zero-order valence-electron chi connectivity index (χ0n) is 18.5. The van der Waals surface area contributed by atoms with Crippen molar-refractivity contribution in [2.75, 3.05) is 37.6 Å². The van der Waals surface area contributed by atoms with E-state index in [1.807, 2.05) is 22.4 Å². The average molecular weight is 506 g/mol. The molecule has 3 heterocycles. The van der Waals surface area contributed by atoms with Gasteiger partial charge in [0.2, 0.25) is 5.88 Å². The first-order chi connectivity index (χ1) is 16.8. The summed E-state index contributed by atoms with van der Waals surface area (Å²) in [5.74, 6) is -0.101. The SMILES string of the molecule is O=C(NCCc1cccs1)Oc1ccc(N2CCN(C(=O)c3ccccc3C(F)(F)F)CC2)nn1. The Balaban J connectivity index is 1.27. The number of benzene rings is 1. The van der Waals surface area contributed by atoms with Crippen LogP contribution >= 0.6 is 11.3 Å². The van der Waals surface area contributed by atoms with Gasteiger partial charge < -0.3 is 19.9 Å². The number of alkyl halides is 3. The zero-order chi connectivity index (χ0) is 24.8. The van der Waals surface area contributed by atoms with E-state index in [0.29, 0.717) is 31.9 Å². The third kappa shape index (κ3) is 6.27. The Bertz CT molecular complexity index is 1150. The van der Waals surface area contributed by atoms with Crippen molar-refractivity contribution in [2.45, 2.75) is 12.6 Å². The summed E-state index contributed by atoms with van der Waals surface area (Å²) in [6.45, 7) is 1.65. The summed E-state index contributed by atoms with van der Waals surface area (Å²) in [4.78, 5) is 29.0. The van der Waals surface area contributed by atoms with Crippen LogP contribution in [0.4, 0.5) is 23.8 Å². The number of anilines is 1. The highest BCUT2D eigenvalue weighted by atomic mass is 32.1. The molecule has 35 heavy (non-hydrogen) atoms. The standard InChI is InChI=1S/C23H22F3N5O3S/c24-23(25,26)18-6-2-1-5-17(18)21(32)31-13-11-30(12-14-31)19-7-8-20(29-28-19)34-22(33)27-10-9-16-4-3-15-35-16/h1-8,15H,9-14H2,(H,27,33). The van der Waals surface area contributed by atoms with Gasteiger partial charge in [-0.2, -0.15) is 13.2 Å². The lowest BCUT2D eigenvalue weighted by Crippen LogP contribution is -2.49. The molecule has 0 unspecified atom stereocenters. The normalized spacial score (nSPS) is 14.0. The van der Waals surface area contributed by atoms with Crippen LogP contribution in [-0.2, 0) is 12.6 Å². The molecule has 0 radical (unpaired) electrons. The molecule has 0 saturated carbocycles. The molecule has 1 aliphatic rings. The molecule has 12 heteroatoms. The van der Waals surface area contributed by atoms with Crippen LogP contribution in [0, 0.1) is 0 Å². The average Bonchev–Trinajstić information content (AvgIpc) is 3.37. The Kier molecular flexibility index (Phi) is 7.49. The Morgan fingerprint density at radius 1 is 1.00 bits per heavy atom. The van der Waals surface area contributed by atoms with Gasteiger partial charge in [0, 0.05) is 43.7 Å². The molecule has 8 nitrogen and oxygen atoms in total. The van der Waals surface area contributed by atoms with E-state index >= 15 is 0 Å². The summed E-state index contributed by atoms with van der Waals surface area (Å²) >= 11 is 1.61. The van der Waals surface area contributed by atoms with E-state index < -0.39 is 23.7 Å². The van der Waals surface area contributed by atoms with E-state index in [1.54, 1.807) is 17.4 Å². The molecule has 1 saturated heterocycles. The van der Waals surface area contributed by atoms with Gasteiger partial charge in [0.25, 0.3) is 5.91 Å². The number of carbonyl (C=O) groups is 2. The quantitative estimate of drug-likeness (QED) is 0.548. The van der Waals surface area contributed by atoms with Gasteiger partial charge >= 0.3 is 12.3 Å². The third-order valence-electron chi connectivity index (χ3n) is 5.40. The van der Waals surface area contributed by atoms with Crippen molar-refractivity contribution < 1.29 is 27.5 Å². The Hall–Kier alpha value is -3.67. The van der Waals surface area contributed by atoms with Gasteiger partial charge in [-0.05, 0) is 36.1 Å². The van der Waals surface area contributed by atoms with Crippen molar-refractivity contribution in [3.8, 4) is 5.88 Å². The predicted octanol–water partition coefficient (Wildman–Crippen LogP) is 3.85. The maximum atomic E-state index is 13.3. The van der Waals surface area contributed by atoms with E-state index in [1.165, 1.54) is 29.2 Å². The number of halogens is 3. The van der Waals surface area contributed by atoms with Crippen LogP contribution in [0.3, 0.4) is 0 Å². The highest BCUT2D eigenvalue weighted by molar-refractivity contribution is 7.09. The van der Waals surface area contributed by atoms with Crippen LogP contribution in [0.5, 0.6) is 5.88 Å². The second-order valence-electron chi connectivity index (χ2n) is 7.70. The summed E-state index contributed by atoms with van der Waals surface area (Å²) in [6.07, 6.45) is -4.53. The summed E-state index contributed by atoms with van der Waals surface area (Å²) in [7, 11) is 0. The van der Waals surface area contributed by atoms with Gasteiger partial charge in [-0.1, -0.05) is 18.2 Å². The predicted molar refractivity (Wildman–Crippen MR) is 124 cm³/mol. The minimum absolute atomic E-state index is 0.0416. The minimum Gasteiger partial charge on any atom is -0.390 e. The van der Waals surface area contributed by atoms with Crippen molar-refractivity contribution in [3.63, 3.8) is 0 Å². The van der Waals surface area contributed by atoms with Gasteiger partial charge in [-0.3, -0.25) is 4.79 Å². The van der Waals surface area contributed by atoms with Crippen LogP contribution < -0.4 is 15.0 Å². The number of thiophene rings is 1. The van der Waals surface area contributed by atoms with Crippen molar-refractivity contribution in [2.24, 2.45) is 0 Å². The molecule has 0 bridgehead atoms. The highest BCUT2D eigenvalue weighted by Crippen LogP contribution is 2.32. The summed E-state index contributed by atoms with van der Waals surface area (Å²) < 4.78 is 44.9. The molecule has 4 rings (SSSR count). The number of hydrogen-bond donors (Lipinski definition) is 1. The number of nitrogens with zero attached hydrogens (tertiary/aromatic N) is 4. The molecule has 0 spiro atoms. The summed E-state index contributed by atoms with van der Waals surface area (Å²) in [5, 5.41) is 12.6. The fraction of sp³-hybridized carbons (Fsp3) is 0.304. The molecule has 184 valence electrons. The van der Waals surface area contributed by atoms with Gasteiger partial charge in [0.05, 0.1) is 11.1 Å². The largest absolute Gasteiger partial charge is 0.417 e. The molecule has 0 aliphatic carbocycles. The fourth-order valence-electron chi connectivity index (χ4n) is 3.64. The number of carbonyl (C=O) groups excluding carboxylic acids is 2. The Labute approximate surface area is 203 Å². The Morgan fingerprint density at radius 2 is 1.77 bits per heavy atom. The first-order valence-corrected chi connectivity index (χ1v) is 11.7. The zero-order valence-corrected chi connectivity index (χ0v) is 19.3. The van der Waals surface area contributed by atoms with E-state index in [2.05, 4.69) is 15.5 Å². The molecule has 1 fully saturated rings. The van der Waals surface area contributed by atoms with Crippen LogP contribution in [-0.4, -0.2) is 59.8 Å². The minimum atomic E-state index is -4.60. The first-order valence-electron chi connectivity index (χ1n) is 10.8. The van der Waals surface area contributed by atoms with E-state index in [9.17, 15) is 22.8 Å². The van der Waals surface area contributed by atoms with Crippen LogP contribution in [0.1, 0.15) is 20.8 Å². The highest BCUT2D eigenvalue weighted by Gasteiger charge is 2.36. The molecule has 1 N–H and O–H groups in total. The van der Waals surface area contributed by atoms with Crippen LogP contribution in [0.2, 0.25) is 0 Å². The number of nitrogens with one attached hydrogen (secondary N) is 1. The monoisotopic (exact) mass is 505 g/mol. The molecule has 2 amide bonds. The van der Waals surface area contributed by atoms with Crippen LogP contribution in [0.15, 0.2) is 53.9 Å². The molecular weight excluding hydrogens is 483 g/mol. The second kappa shape index (κ2) is 10.7. The number of ether oxygens (including phenoxy) is 1. The fourth-order valence-corrected chi connectivity index (χ4v) is 4.34. The van der Waals surface area contributed by atoms with E-state index in [0.717, 1.165) is 10.9 Å². The van der Waals surface area contributed by atoms with Gasteiger partial charge in [0.15, 0.2) is 5.82 Å². The molecule has 2 aromatic heterocycles. The maximum absolute atomic E-state index is 13.3. The van der Waals surface area contributed by atoms with Crippen molar-refractivity contribution in [1.82, 2.24) is 20.4 Å². The number of hydrogen-bond acceptors (Lipinski definition) is 7. The lowest BCUT2D eigenvalue weighted by Gasteiger charge is -2.35. The summed E-state index contributed by atoms with van der Waals surface area (Å²) in [6, 6.07) is 11.9. The molecule has 1 aliphatic heterocycles. The van der Waals surface area contributed by atoms with Crippen molar-refractivity contribution >= 4 is 29.2 Å². The topological polar surface area (TPSA) is 87.7 Å². The van der Waals surface area contributed by atoms with Crippen LogP contribution in [0.25, 0.3) is 0 Å². The van der Waals surface area contributed by atoms with Crippen molar-refractivity contribution in [3.05, 3.63) is 69.9 Å². The summed E-state index contributed by atoms with van der Waals surface area (Å²) in [5.41, 5.74) is -1.30. The number of piperazine rings is 1. The lowest BCUT2D eigenvalue weighted by atomic mass is 10.1. The smallest absolute Gasteiger partial charge is 0.390 e. The molecule has 0 atom stereocenters. The second-order valence-corrected chi connectivity index (χ2v) is 8.73. The molecule has 1 aromatic carbocycles. The molecular formula is C23H22F3N5O3S. The third-order valence-corrected chi connectivity index (χ3v) is 6.33. The first kappa shape index (κ1) is 24.5. The number of aromatic nitrogens is 2. The molecule has 3 aromatic rings. The number of rotatable bonds is 6. The van der Waals surface area contributed by atoms with Crippen molar-refractivity contribution in [1.29, 1.82) is 0 Å².